The Hall–Kier alpha value is -1.61. The average molecular weight is 327 g/mol. The van der Waals surface area contributed by atoms with Crippen LogP contribution in [-0.4, -0.2) is 22.5 Å². The van der Waals surface area contributed by atoms with Crippen molar-refractivity contribution in [3.63, 3.8) is 0 Å². The van der Waals surface area contributed by atoms with Crippen molar-refractivity contribution >= 4 is 5.91 Å². The van der Waals surface area contributed by atoms with Gasteiger partial charge in [0, 0.05) is 6.54 Å². The van der Waals surface area contributed by atoms with Crippen molar-refractivity contribution in [2.75, 3.05) is 6.54 Å². The van der Waals surface area contributed by atoms with Gasteiger partial charge in [0.15, 0.2) is 0 Å². The second kappa shape index (κ2) is 7.98. The van der Waals surface area contributed by atoms with Gasteiger partial charge < -0.3 is 10.0 Å². The Morgan fingerprint density at radius 1 is 1.21 bits per heavy atom. The van der Waals surface area contributed by atoms with E-state index >= 15 is 0 Å². The predicted molar refractivity (Wildman–Crippen MR) is 96.5 cm³/mol. The first-order valence-corrected chi connectivity index (χ1v) is 9.43. The first-order chi connectivity index (χ1) is 11.7. The van der Waals surface area contributed by atoms with Crippen LogP contribution in [0.4, 0.5) is 0 Å². The molecule has 0 radical (unpaired) electrons. The Kier molecular flexibility index (Phi) is 5.72. The van der Waals surface area contributed by atoms with Crippen LogP contribution in [0.2, 0.25) is 0 Å². The zero-order chi connectivity index (χ0) is 16.9. The number of carbonyl (C=O) groups excluding carboxylic acids is 1. The van der Waals surface area contributed by atoms with Gasteiger partial charge in [-0.15, -0.1) is 0 Å². The maximum atomic E-state index is 11.9. The first-order valence-electron chi connectivity index (χ1n) is 9.43. The molecule has 3 nitrogen and oxygen atoms in total. The Balaban J connectivity index is 1.61. The van der Waals surface area contributed by atoms with Crippen LogP contribution >= 0.6 is 0 Å². The lowest BCUT2D eigenvalue weighted by atomic mass is 9.90. The maximum Gasteiger partial charge on any atom is 0.225 e. The van der Waals surface area contributed by atoms with Crippen molar-refractivity contribution in [1.82, 2.24) is 4.90 Å². The summed E-state index contributed by atoms with van der Waals surface area (Å²) in [5.41, 5.74) is 2.20. The normalized spacial score (nSPS) is 23.0. The maximum absolute atomic E-state index is 11.9. The highest BCUT2D eigenvalue weighted by atomic mass is 16.3. The molecular weight excluding hydrogens is 298 g/mol. The highest BCUT2D eigenvalue weighted by molar-refractivity contribution is 5.83. The van der Waals surface area contributed by atoms with Gasteiger partial charge in [-0.3, -0.25) is 4.79 Å². The Labute approximate surface area is 145 Å². The molecule has 0 bridgehead atoms. The Bertz CT molecular complexity index is 572. The quantitative estimate of drug-likeness (QED) is 0.590. The molecule has 2 aliphatic rings. The average Bonchev–Trinajstić information content (AvgIpc) is 3.13. The third kappa shape index (κ3) is 3.72. The number of unbranched alkanes of at least 4 members (excludes halogenated alkanes) is 1. The molecule has 1 saturated heterocycles. The zero-order valence-electron chi connectivity index (χ0n) is 14.7. The predicted octanol–water partition coefficient (Wildman–Crippen LogP) is 4.54. The van der Waals surface area contributed by atoms with E-state index in [1.165, 1.54) is 18.4 Å². The van der Waals surface area contributed by atoms with Crippen molar-refractivity contribution in [1.29, 1.82) is 0 Å². The lowest BCUT2D eigenvalue weighted by Crippen LogP contribution is -2.46. The molecule has 3 heteroatoms. The molecule has 1 N–H and O–H groups in total. The van der Waals surface area contributed by atoms with E-state index in [4.69, 9.17) is 0 Å². The topological polar surface area (TPSA) is 40.5 Å². The van der Waals surface area contributed by atoms with Crippen molar-refractivity contribution in [3.8, 4) is 0 Å². The fraction of sp³-hybridized carbons (Fsp3) is 0.571. The number of rotatable bonds is 7. The fourth-order valence-corrected chi connectivity index (χ4v) is 3.91. The van der Waals surface area contributed by atoms with E-state index in [1.54, 1.807) is 0 Å². The van der Waals surface area contributed by atoms with Crippen LogP contribution in [0, 0.1) is 5.92 Å². The van der Waals surface area contributed by atoms with E-state index in [1.807, 2.05) is 17.0 Å². The fourth-order valence-electron chi connectivity index (χ4n) is 3.91. The third-order valence-electron chi connectivity index (χ3n) is 5.50. The second-order valence-electron chi connectivity index (χ2n) is 7.18. The standard InChI is InChI=1S/C21H29NO2/c1-2-3-4-7-14-22-19(15-20(22)23)16-10-12-18(13-11-16)21(24)17-8-5-6-9-17/h4,7,10-13,17,19,21,24H,2-3,5-6,8-9,14-15H2,1H3/t19-,21?/m1/s1. The van der Waals surface area contributed by atoms with Crippen molar-refractivity contribution < 1.29 is 9.90 Å². The number of β-lactam (4-membered cyclic amide) rings is 1. The molecule has 130 valence electrons. The van der Waals surface area contributed by atoms with E-state index in [0.29, 0.717) is 18.9 Å². The van der Waals surface area contributed by atoms with E-state index in [0.717, 1.165) is 31.2 Å². The molecule has 3 rings (SSSR count). The minimum atomic E-state index is -0.336. The molecule has 24 heavy (non-hydrogen) atoms. The number of nitrogens with zero attached hydrogens (tertiary/aromatic N) is 1. The number of likely N-dealkylation sites (tertiary alicyclic amines) is 1. The van der Waals surface area contributed by atoms with Crippen LogP contribution < -0.4 is 0 Å². The summed E-state index contributed by atoms with van der Waals surface area (Å²) in [4.78, 5) is 13.8. The Morgan fingerprint density at radius 2 is 1.92 bits per heavy atom. The number of carbonyl (C=O) groups is 1. The molecule has 1 saturated carbocycles. The number of allylic oxidation sites excluding steroid dienone is 1. The second-order valence-corrected chi connectivity index (χ2v) is 7.18. The van der Waals surface area contributed by atoms with Crippen LogP contribution in [0.3, 0.4) is 0 Å². The minimum Gasteiger partial charge on any atom is -0.388 e. The van der Waals surface area contributed by atoms with Crippen molar-refractivity contribution in [2.45, 2.75) is 64.0 Å². The van der Waals surface area contributed by atoms with Gasteiger partial charge >= 0.3 is 0 Å². The number of hydrogen-bond acceptors (Lipinski definition) is 2. The SMILES string of the molecule is CCCC=CCN1C(=O)C[C@@H]1c1ccc(C(O)C2CCCC2)cc1. The van der Waals surface area contributed by atoms with Crippen LogP contribution in [0.1, 0.15) is 75.1 Å². The van der Waals surface area contributed by atoms with E-state index in [2.05, 4.69) is 31.2 Å². The summed E-state index contributed by atoms with van der Waals surface area (Å²) in [6, 6.07) is 8.47. The highest BCUT2D eigenvalue weighted by Gasteiger charge is 2.36. The lowest BCUT2D eigenvalue weighted by molar-refractivity contribution is -0.145. The van der Waals surface area contributed by atoms with Gasteiger partial charge in [-0.05, 0) is 36.3 Å². The third-order valence-corrected chi connectivity index (χ3v) is 5.50. The molecule has 1 unspecified atom stereocenters. The minimum absolute atomic E-state index is 0.196. The highest BCUT2D eigenvalue weighted by Crippen LogP contribution is 2.38. The molecule has 1 aliphatic heterocycles. The largest absolute Gasteiger partial charge is 0.388 e. The lowest BCUT2D eigenvalue weighted by Gasteiger charge is -2.40. The molecule has 1 amide bonds. The summed E-state index contributed by atoms with van der Waals surface area (Å²) in [5, 5.41) is 10.5. The molecule has 2 atom stereocenters. The number of benzene rings is 1. The van der Waals surface area contributed by atoms with Crippen molar-refractivity contribution in [3.05, 3.63) is 47.5 Å². The van der Waals surface area contributed by atoms with Crippen LogP contribution in [-0.2, 0) is 4.79 Å². The smallest absolute Gasteiger partial charge is 0.225 e. The molecule has 1 aromatic carbocycles. The monoisotopic (exact) mass is 327 g/mol. The van der Waals surface area contributed by atoms with Gasteiger partial charge in [-0.1, -0.05) is 62.6 Å². The van der Waals surface area contributed by atoms with Gasteiger partial charge in [0.25, 0.3) is 0 Å². The summed E-state index contributed by atoms with van der Waals surface area (Å²) in [6.07, 6.45) is 11.5. The van der Waals surface area contributed by atoms with Gasteiger partial charge in [0.1, 0.15) is 0 Å². The molecule has 0 aromatic heterocycles. The van der Waals surface area contributed by atoms with Crippen LogP contribution in [0.5, 0.6) is 0 Å². The summed E-state index contributed by atoms with van der Waals surface area (Å²) in [5.74, 6) is 0.651. The summed E-state index contributed by atoms with van der Waals surface area (Å²) in [7, 11) is 0. The van der Waals surface area contributed by atoms with Crippen LogP contribution in [0.25, 0.3) is 0 Å². The number of hydrogen-bond donors (Lipinski definition) is 1. The van der Waals surface area contributed by atoms with Crippen LogP contribution in [0.15, 0.2) is 36.4 Å². The molecular formula is C21H29NO2. The van der Waals surface area contributed by atoms with Gasteiger partial charge in [0.05, 0.1) is 18.6 Å². The van der Waals surface area contributed by atoms with Gasteiger partial charge in [-0.25, -0.2) is 0 Å². The molecule has 2 fully saturated rings. The van der Waals surface area contributed by atoms with E-state index in [9.17, 15) is 9.90 Å². The van der Waals surface area contributed by atoms with E-state index in [-0.39, 0.29) is 18.1 Å². The summed E-state index contributed by atoms with van der Waals surface area (Å²) >= 11 is 0. The molecule has 1 aliphatic carbocycles. The van der Waals surface area contributed by atoms with Crippen molar-refractivity contribution in [2.24, 2.45) is 5.92 Å². The number of amides is 1. The molecule has 1 aromatic rings. The van der Waals surface area contributed by atoms with E-state index < -0.39 is 0 Å². The first kappa shape index (κ1) is 17.2. The number of aliphatic hydroxyl groups is 1. The summed E-state index contributed by atoms with van der Waals surface area (Å²) in [6.45, 7) is 2.86. The number of aliphatic hydroxyl groups excluding tert-OH is 1. The summed E-state index contributed by atoms with van der Waals surface area (Å²) < 4.78 is 0. The van der Waals surface area contributed by atoms with Gasteiger partial charge in [-0.2, -0.15) is 0 Å². The Morgan fingerprint density at radius 3 is 2.54 bits per heavy atom. The zero-order valence-corrected chi connectivity index (χ0v) is 14.7. The molecule has 0 spiro atoms. The molecule has 1 heterocycles. The van der Waals surface area contributed by atoms with Gasteiger partial charge in [0.2, 0.25) is 5.91 Å².